The summed E-state index contributed by atoms with van der Waals surface area (Å²) in [5.74, 6) is 0. The molecule has 33 heavy (non-hydrogen) atoms. The van der Waals surface area contributed by atoms with E-state index in [-0.39, 0.29) is 40.0 Å². The van der Waals surface area contributed by atoms with Gasteiger partial charge in [0.1, 0.15) is 19.7 Å². The fraction of sp³-hybridized carbons (Fsp3) is 1.00. The van der Waals surface area contributed by atoms with Gasteiger partial charge in [-0.05, 0) is 6.42 Å². The molecule has 3 N–H and O–H groups in total. The van der Waals surface area contributed by atoms with Crippen molar-refractivity contribution in [1.29, 1.82) is 0 Å². The van der Waals surface area contributed by atoms with Crippen LogP contribution in [0.4, 0.5) is 0 Å². The molecule has 200 valence electrons. The van der Waals surface area contributed by atoms with E-state index in [4.69, 9.17) is 29.2 Å². The molecule has 0 aromatic rings. The van der Waals surface area contributed by atoms with E-state index >= 15 is 0 Å². The lowest BCUT2D eigenvalue weighted by Crippen LogP contribution is -2.26. The Morgan fingerprint density at radius 1 is 0.758 bits per heavy atom. The number of rotatable bonds is 28. The monoisotopic (exact) mass is 499 g/mol. The third kappa shape index (κ3) is 26.5. The lowest BCUT2D eigenvalue weighted by Gasteiger charge is -2.18. The molecule has 0 aliphatic rings. The van der Waals surface area contributed by atoms with Gasteiger partial charge >= 0.3 is 8.60 Å². The van der Waals surface area contributed by atoms with Crippen molar-refractivity contribution in [2.75, 3.05) is 53.7 Å². The highest BCUT2D eigenvalue weighted by atomic mass is 31.2. The average Bonchev–Trinajstić information content (AvgIpc) is 2.82. The first-order valence-electron chi connectivity index (χ1n) is 12.6. The topological polar surface area (TPSA) is 111 Å². The Morgan fingerprint density at radius 3 is 1.94 bits per heavy atom. The van der Waals surface area contributed by atoms with Gasteiger partial charge in [0.05, 0.1) is 19.8 Å². The van der Waals surface area contributed by atoms with E-state index in [1.807, 2.05) is 0 Å². The van der Waals surface area contributed by atoms with Crippen molar-refractivity contribution >= 4 is 8.60 Å². The van der Waals surface area contributed by atoms with E-state index in [1.54, 1.807) is 0 Å². The minimum absolute atomic E-state index is 0.0659. The van der Waals surface area contributed by atoms with Crippen LogP contribution in [0.3, 0.4) is 0 Å². The van der Waals surface area contributed by atoms with Gasteiger partial charge < -0.3 is 34.1 Å². The van der Waals surface area contributed by atoms with Crippen molar-refractivity contribution in [1.82, 2.24) is 0 Å². The van der Waals surface area contributed by atoms with Crippen molar-refractivity contribution in [2.24, 2.45) is 5.73 Å². The first kappa shape index (κ1) is 33.1. The first-order valence-corrected chi connectivity index (χ1v) is 13.7. The molecule has 0 radical (unpaired) electrons. The van der Waals surface area contributed by atoms with Crippen molar-refractivity contribution in [3.05, 3.63) is 0 Å². The fourth-order valence-corrected chi connectivity index (χ4v) is 3.63. The van der Waals surface area contributed by atoms with Gasteiger partial charge in [0.25, 0.3) is 0 Å². The van der Waals surface area contributed by atoms with Crippen LogP contribution < -0.4 is 5.73 Å². The van der Waals surface area contributed by atoms with Crippen LogP contribution in [0.1, 0.15) is 90.4 Å². The number of nitrogens with two attached hydrogens (primary N) is 1. The smallest absolute Gasteiger partial charge is 0.359 e. The number of hydrogen-bond acceptors (Lipinski definition) is 9. The van der Waals surface area contributed by atoms with E-state index in [1.165, 1.54) is 84.2 Å². The lowest BCUT2D eigenvalue weighted by molar-refractivity contribution is -0.214. The maximum atomic E-state index is 9.57. The van der Waals surface area contributed by atoms with Crippen LogP contribution >= 0.6 is 8.60 Å². The Morgan fingerprint density at radius 2 is 1.36 bits per heavy atom. The molecule has 10 heteroatoms. The summed E-state index contributed by atoms with van der Waals surface area (Å²) in [5, 5.41) is 0. The maximum Gasteiger partial charge on any atom is 0.360 e. The summed E-state index contributed by atoms with van der Waals surface area (Å²) >= 11 is 0. The maximum absolute atomic E-state index is 9.57. The molecule has 2 atom stereocenters. The average molecular weight is 500 g/mol. The minimum atomic E-state index is -2.17. The summed E-state index contributed by atoms with van der Waals surface area (Å²) in [6, 6.07) is 0. The van der Waals surface area contributed by atoms with Crippen LogP contribution in [0.2, 0.25) is 0 Å². The molecule has 0 saturated carbocycles. The van der Waals surface area contributed by atoms with Gasteiger partial charge in [-0.3, -0.25) is 0 Å². The Labute approximate surface area is 202 Å². The third-order valence-corrected chi connectivity index (χ3v) is 5.58. The van der Waals surface area contributed by atoms with Crippen molar-refractivity contribution < 1.29 is 37.9 Å². The number of unbranched alkanes of at least 4 members (excludes halogenated alkanes) is 12. The summed E-state index contributed by atoms with van der Waals surface area (Å²) in [6.07, 6.45) is 16.9. The van der Waals surface area contributed by atoms with Crippen LogP contribution in [0, 0.1) is 0 Å². The first-order chi connectivity index (χ1) is 16.2. The number of hydrogen-bond donors (Lipinski definition) is 2. The minimum Gasteiger partial charge on any atom is -0.359 e. The molecule has 0 aromatic carbocycles. The van der Waals surface area contributed by atoms with E-state index in [0.717, 1.165) is 6.42 Å². The zero-order valence-corrected chi connectivity index (χ0v) is 21.9. The van der Waals surface area contributed by atoms with E-state index in [0.29, 0.717) is 6.61 Å². The molecule has 0 saturated heterocycles. The van der Waals surface area contributed by atoms with Crippen molar-refractivity contribution in [2.45, 2.75) is 96.5 Å². The largest absolute Gasteiger partial charge is 0.360 e. The van der Waals surface area contributed by atoms with Crippen molar-refractivity contribution in [3.63, 3.8) is 0 Å². The summed E-state index contributed by atoms with van der Waals surface area (Å²) < 4.78 is 31.2. The number of methoxy groups -OCH3 is 1. The summed E-state index contributed by atoms with van der Waals surface area (Å²) in [7, 11) is -0.637. The molecule has 0 rings (SSSR count). The van der Waals surface area contributed by atoms with Crippen molar-refractivity contribution in [3.8, 4) is 0 Å². The molecule has 0 amide bonds. The highest BCUT2D eigenvalue weighted by Gasteiger charge is 2.15. The van der Waals surface area contributed by atoms with E-state index < -0.39 is 14.7 Å². The molecule has 0 fully saturated rings. The molecule has 0 heterocycles. The van der Waals surface area contributed by atoms with Gasteiger partial charge in [0, 0.05) is 20.3 Å². The van der Waals surface area contributed by atoms with Gasteiger partial charge in [-0.15, -0.1) is 0 Å². The Kier molecular flexibility index (Phi) is 28.4. The van der Waals surface area contributed by atoms with Gasteiger partial charge in [0.2, 0.25) is 0 Å². The second-order valence-electron chi connectivity index (χ2n) is 8.05. The van der Waals surface area contributed by atoms with Crippen LogP contribution in [0.15, 0.2) is 0 Å². The molecule has 0 bridgehead atoms. The Balaban J connectivity index is 3.48. The molecule has 9 nitrogen and oxygen atoms in total. The van der Waals surface area contributed by atoms with E-state index in [2.05, 4.69) is 16.5 Å². The molecular weight excluding hydrogens is 449 g/mol. The summed E-state index contributed by atoms with van der Waals surface area (Å²) in [4.78, 5) is 14.2. The second kappa shape index (κ2) is 28.3. The second-order valence-corrected chi connectivity index (χ2v) is 8.94. The molecular formula is C23H50NO8P. The van der Waals surface area contributed by atoms with Gasteiger partial charge in [-0.25, -0.2) is 4.89 Å². The standard InChI is InChI=1S/C23H50NO8P/c1-3-4-5-6-7-8-9-10-11-12-13-14-15-17-27-22-28-19-23(29-21-26-2)20-31-33(25)32-30-18-16-24/h23,25H,3-22,24H2,1-2H3. The quantitative estimate of drug-likeness (QED) is 0.0493. The number of ether oxygens (including phenoxy) is 4. The molecule has 0 aromatic heterocycles. The lowest BCUT2D eigenvalue weighted by atomic mass is 10.0. The Hall–Kier alpha value is 0.0700. The zero-order valence-electron chi connectivity index (χ0n) is 21.0. The van der Waals surface area contributed by atoms with Crippen LogP contribution in [-0.4, -0.2) is 64.7 Å². The highest BCUT2D eigenvalue weighted by Crippen LogP contribution is 2.33. The zero-order chi connectivity index (χ0) is 24.2. The molecule has 0 aliphatic carbocycles. The molecule has 0 aliphatic heterocycles. The van der Waals surface area contributed by atoms with Gasteiger partial charge in [-0.2, -0.15) is 4.67 Å². The highest BCUT2D eigenvalue weighted by molar-refractivity contribution is 7.40. The van der Waals surface area contributed by atoms with Crippen LogP contribution in [-0.2, 0) is 33.0 Å². The summed E-state index contributed by atoms with van der Waals surface area (Å²) in [6.45, 7) is 4.00. The van der Waals surface area contributed by atoms with Gasteiger partial charge in [0.15, 0.2) is 0 Å². The summed E-state index contributed by atoms with van der Waals surface area (Å²) in [5.41, 5.74) is 5.26. The van der Waals surface area contributed by atoms with Gasteiger partial charge in [-0.1, -0.05) is 84.0 Å². The van der Waals surface area contributed by atoms with Crippen LogP contribution in [0.25, 0.3) is 0 Å². The van der Waals surface area contributed by atoms with E-state index in [9.17, 15) is 4.89 Å². The Bertz CT molecular complexity index is 371. The molecule has 2 unspecified atom stereocenters. The normalized spacial score (nSPS) is 13.5. The predicted molar refractivity (Wildman–Crippen MR) is 130 cm³/mol. The molecule has 0 spiro atoms. The predicted octanol–water partition coefficient (Wildman–Crippen LogP) is 5.20. The van der Waals surface area contributed by atoms with Crippen LogP contribution in [0.5, 0.6) is 0 Å². The third-order valence-electron chi connectivity index (χ3n) is 4.97. The fourth-order valence-electron chi connectivity index (χ4n) is 3.13. The SMILES string of the molecule is CCCCCCCCCCCCCCCOCOCC(COP(O)OOCCN)OCOC.